The van der Waals surface area contributed by atoms with E-state index < -0.39 is 11.8 Å². The summed E-state index contributed by atoms with van der Waals surface area (Å²) in [5.74, 6) is -1.21. The Hall–Kier alpha value is -3.87. The van der Waals surface area contributed by atoms with Crippen LogP contribution in [0.2, 0.25) is 0 Å². The predicted molar refractivity (Wildman–Crippen MR) is 118 cm³/mol. The average molecular weight is 419 g/mol. The number of Topliss-reactive ketones (excluding diaryl/α,β-unsaturated/α-hetero) is 1. The first kappa shape index (κ1) is 21.8. The maximum atomic E-state index is 14.9. The second kappa shape index (κ2) is 8.87. The van der Waals surface area contributed by atoms with E-state index in [0.717, 1.165) is 5.70 Å². The largest absolute Gasteiger partial charge is 0.478 e. The van der Waals surface area contributed by atoms with E-state index in [4.69, 9.17) is 5.11 Å². The molecule has 2 aromatic rings. The number of allylic oxidation sites excluding steroid dienone is 4. The molecule has 2 heterocycles. The van der Waals surface area contributed by atoms with Crippen LogP contribution in [0.3, 0.4) is 0 Å². The molecule has 1 aromatic heterocycles. The van der Waals surface area contributed by atoms with E-state index in [0.29, 0.717) is 40.3 Å². The highest BCUT2D eigenvalue weighted by Crippen LogP contribution is 2.28. The van der Waals surface area contributed by atoms with E-state index in [1.807, 2.05) is 18.9 Å². The number of hydrogen-bond donors (Lipinski definition) is 1. The first-order valence-electron chi connectivity index (χ1n) is 9.65. The molecule has 0 saturated heterocycles. The third-order valence-electron chi connectivity index (χ3n) is 4.96. The third kappa shape index (κ3) is 4.66. The van der Waals surface area contributed by atoms with Gasteiger partial charge in [-0.3, -0.25) is 9.78 Å². The Labute approximate surface area is 179 Å². The number of hydrogen-bond acceptors (Lipinski definition) is 5. The highest BCUT2D eigenvalue weighted by Gasteiger charge is 2.18. The number of ketones is 1. The van der Waals surface area contributed by atoms with Crippen LogP contribution < -0.4 is 0 Å². The molecule has 0 unspecified atom stereocenters. The van der Waals surface area contributed by atoms with E-state index in [2.05, 4.69) is 16.6 Å². The zero-order chi connectivity index (χ0) is 22.7. The third-order valence-corrected chi connectivity index (χ3v) is 4.96. The highest BCUT2D eigenvalue weighted by molar-refractivity contribution is 6.44. The Morgan fingerprint density at radius 3 is 2.55 bits per heavy atom. The van der Waals surface area contributed by atoms with E-state index in [1.54, 1.807) is 24.3 Å². The number of benzene rings is 1. The molecule has 6 nitrogen and oxygen atoms in total. The lowest BCUT2D eigenvalue weighted by Gasteiger charge is -2.26. The van der Waals surface area contributed by atoms with Crippen LogP contribution in [-0.4, -0.2) is 39.5 Å². The van der Waals surface area contributed by atoms with Gasteiger partial charge in [0, 0.05) is 37.0 Å². The van der Waals surface area contributed by atoms with E-state index in [9.17, 15) is 14.0 Å². The molecule has 0 aliphatic carbocycles. The van der Waals surface area contributed by atoms with Crippen LogP contribution in [0.15, 0.2) is 71.8 Å². The Balaban J connectivity index is 1.91. The van der Waals surface area contributed by atoms with Crippen molar-refractivity contribution in [3.05, 3.63) is 83.7 Å². The number of pyridine rings is 1. The zero-order valence-corrected chi connectivity index (χ0v) is 17.5. The molecule has 0 spiro atoms. The highest BCUT2D eigenvalue weighted by atomic mass is 19.1. The van der Waals surface area contributed by atoms with Crippen molar-refractivity contribution in [2.24, 2.45) is 4.99 Å². The van der Waals surface area contributed by atoms with Gasteiger partial charge in [0.1, 0.15) is 17.3 Å². The molecule has 0 saturated carbocycles. The summed E-state index contributed by atoms with van der Waals surface area (Å²) >= 11 is 0. The van der Waals surface area contributed by atoms with E-state index in [-0.39, 0.29) is 11.3 Å². The van der Waals surface area contributed by atoms with Crippen molar-refractivity contribution in [2.75, 3.05) is 7.05 Å². The Morgan fingerprint density at radius 2 is 2.00 bits per heavy atom. The molecule has 0 radical (unpaired) electrons. The van der Waals surface area contributed by atoms with Gasteiger partial charge >= 0.3 is 5.97 Å². The molecule has 158 valence electrons. The average Bonchev–Trinajstić information content (AvgIpc) is 2.74. The predicted octanol–water partition coefficient (Wildman–Crippen LogP) is 4.71. The van der Waals surface area contributed by atoms with Gasteiger partial charge in [-0.1, -0.05) is 25.6 Å². The fourth-order valence-corrected chi connectivity index (χ4v) is 3.14. The summed E-state index contributed by atoms with van der Waals surface area (Å²) in [7, 11) is 1.83. The number of nitrogens with zero attached hydrogens (tertiary/aromatic N) is 3. The van der Waals surface area contributed by atoms with Gasteiger partial charge in [-0.05, 0) is 42.3 Å². The number of aliphatic imine (C=N–C) groups is 1. The molecule has 1 aromatic carbocycles. The maximum absolute atomic E-state index is 14.9. The minimum Gasteiger partial charge on any atom is -0.478 e. The second-order valence-corrected chi connectivity index (χ2v) is 7.06. The number of carboxylic acids is 1. The van der Waals surface area contributed by atoms with Crippen molar-refractivity contribution in [3.63, 3.8) is 0 Å². The van der Waals surface area contributed by atoms with E-state index in [1.165, 1.54) is 31.3 Å². The van der Waals surface area contributed by atoms with Gasteiger partial charge in [-0.2, -0.15) is 0 Å². The number of halogens is 1. The van der Waals surface area contributed by atoms with Crippen molar-refractivity contribution in [1.82, 2.24) is 9.88 Å². The Kier molecular flexibility index (Phi) is 6.25. The van der Waals surface area contributed by atoms with Gasteiger partial charge in [0.25, 0.3) is 0 Å². The molecular weight excluding hydrogens is 397 g/mol. The smallest absolute Gasteiger partial charge is 0.337 e. The summed E-state index contributed by atoms with van der Waals surface area (Å²) < 4.78 is 14.9. The van der Waals surface area contributed by atoms with Crippen LogP contribution in [0, 0.1) is 5.82 Å². The molecule has 0 fully saturated rings. The summed E-state index contributed by atoms with van der Waals surface area (Å²) in [4.78, 5) is 33.1. The first-order valence-corrected chi connectivity index (χ1v) is 9.65. The lowest BCUT2D eigenvalue weighted by Crippen LogP contribution is -2.24. The summed E-state index contributed by atoms with van der Waals surface area (Å²) in [5, 5.41) is 8.97. The van der Waals surface area contributed by atoms with Crippen molar-refractivity contribution >= 4 is 23.0 Å². The van der Waals surface area contributed by atoms with Gasteiger partial charge in [0.05, 0.1) is 11.3 Å². The SMILES string of the molecule is C=C(/C=C1/N=C(C(C)=O)C=C(CC)N1C)c1ccc(-c2ccc(C(=O)O)cn2)cc1F. The van der Waals surface area contributed by atoms with E-state index >= 15 is 0 Å². The number of carbonyl (C=O) groups excluding carboxylic acids is 1. The molecule has 1 N–H and O–H groups in total. The van der Waals surface area contributed by atoms with Crippen LogP contribution in [0.4, 0.5) is 4.39 Å². The number of carbonyl (C=O) groups is 2. The lowest BCUT2D eigenvalue weighted by molar-refractivity contribution is -0.111. The molecular formula is C24H22FN3O3. The van der Waals surface area contributed by atoms with Crippen molar-refractivity contribution in [3.8, 4) is 11.3 Å². The van der Waals surface area contributed by atoms with Crippen molar-refractivity contribution in [2.45, 2.75) is 20.3 Å². The number of aromatic carboxylic acids is 1. The molecule has 0 bridgehead atoms. The summed E-state index contributed by atoms with van der Waals surface area (Å²) in [6, 6.07) is 7.56. The molecule has 3 rings (SSSR count). The summed E-state index contributed by atoms with van der Waals surface area (Å²) in [5.41, 5.74) is 3.00. The monoisotopic (exact) mass is 419 g/mol. The fourth-order valence-electron chi connectivity index (χ4n) is 3.14. The standard InChI is InChI=1S/C24H22FN3O3/c1-5-18-12-22(15(3)29)27-23(28(18)4)10-14(2)19-8-6-16(11-20(19)25)21-9-7-17(13-26-21)24(30)31/h6-13H,2,5H2,1,3-4H3,(H,30,31)/b23-10-. The van der Waals surface area contributed by atoms with Gasteiger partial charge < -0.3 is 10.0 Å². The number of aromatic nitrogens is 1. The molecule has 31 heavy (non-hydrogen) atoms. The normalized spacial score (nSPS) is 14.8. The quantitative estimate of drug-likeness (QED) is 0.733. The van der Waals surface area contributed by atoms with Gasteiger partial charge in [0.15, 0.2) is 5.78 Å². The second-order valence-electron chi connectivity index (χ2n) is 7.06. The van der Waals surface area contributed by atoms with Crippen LogP contribution in [0.25, 0.3) is 16.8 Å². The van der Waals surface area contributed by atoms with Crippen LogP contribution >= 0.6 is 0 Å². The lowest BCUT2D eigenvalue weighted by atomic mass is 10.0. The molecule has 7 heteroatoms. The molecule has 0 amide bonds. The molecule has 0 atom stereocenters. The zero-order valence-electron chi connectivity index (χ0n) is 17.5. The van der Waals surface area contributed by atoms with Crippen LogP contribution in [0.5, 0.6) is 0 Å². The first-order chi connectivity index (χ1) is 14.7. The minimum atomic E-state index is -1.07. The molecule has 1 aliphatic rings. The van der Waals surface area contributed by atoms with Crippen molar-refractivity contribution in [1.29, 1.82) is 0 Å². The van der Waals surface area contributed by atoms with Gasteiger partial charge in [-0.15, -0.1) is 0 Å². The van der Waals surface area contributed by atoms with Crippen molar-refractivity contribution < 1.29 is 19.1 Å². The topological polar surface area (TPSA) is 82.9 Å². The summed E-state index contributed by atoms with van der Waals surface area (Å²) in [6.07, 6.45) is 5.34. The number of carboxylic acid groups (broad SMARTS) is 1. The minimum absolute atomic E-state index is 0.0587. The maximum Gasteiger partial charge on any atom is 0.337 e. The van der Waals surface area contributed by atoms with Crippen LogP contribution in [0.1, 0.15) is 36.2 Å². The fraction of sp³-hybridized carbons (Fsp3) is 0.167. The number of rotatable bonds is 6. The van der Waals surface area contributed by atoms with Gasteiger partial charge in [-0.25, -0.2) is 14.2 Å². The Morgan fingerprint density at radius 1 is 1.26 bits per heavy atom. The molecule has 1 aliphatic heterocycles. The summed E-state index contributed by atoms with van der Waals surface area (Å²) in [6.45, 7) is 7.40. The Bertz CT molecular complexity index is 1160. The van der Waals surface area contributed by atoms with Gasteiger partial charge in [0.2, 0.25) is 0 Å². The van der Waals surface area contributed by atoms with Crippen LogP contribution in [-0.2, 0) is 4.79 Å².